The lowest BCUT2D eigenvalue weighted by atomic mass is 10.1. The Morgan fingerprint density at radius 1 is 0.870 bits per heavy atom. The summed E-state index contributed by atoms with van der Waals surface area (Å²) >= 11 is 5.69. The number of ether oxygens (including phenoxy) is 1. The Bertz CT molecular complexity index is 258. The van der Waals surface area contributed by atoms with Crippen molar-refractivity contribution in [2.45, 2.75) is 78.1 Å². The van der Waals surface area contributed by atoms with Crippen LogP contribution in [0.4, 0.5) is 0 Å². The zero-order chi connectivity index (χ0) is 17.8. The van der Waals surface area contributed by atoms with Gasteiger partial charge in [-0.2, -0.15) is 0 Å². The molecule has 142 valence electrons. The maximum atomic E-state index is 9.01. The second kappa shape index (κ2) is 20.9. The lowest BCUT2D eigenvalue weighted by molar-refractivity contribution is 0.102. The van der Waals surface area contributed by atoms with Crippen molar-refractivity contribution >= 4 is 28.9 Å². The van der Waals surface area contributed by atoms with E-state index in [1.165, 1.54) is 57.8 Å². The molecular weight excluding hydrogens is 351 g/mol. The van der Waals surface area contributed by atoms with Crippen LogP contribution in [0.15, 0.2) is 0 Å². The first-order chi connectivity index (χ1) is 11.0. The highest BCUT2D eigenvalue weighted by Gasteiger charge is 2.06. The first-order valence-electron chi connectivity index (χ1n) is 8.86. The molecule has 3 N–H and O–H groups in total. The molecule has 0 aromatic carbocycles. The van der Waals surface area contributed by atoms with E-state index in [4.69, 9.17) is 19.6 Å². The van der Waals surface area contributed by atoms with E-state index in [0.717, 1.165) is 23.6 Å². The van der Waals surface area contributed by atoms with Crippen LogP contribution in [-0.4, -0.2) is 40.5 Å². The molecule has 0 aliphatic heterocycles. The van der Waals surface area contributed by atoms with Gasteiger partial charge in [0.05, 0.1) is 13.2 Å². The fourth-order valence-corrected chi connectivity index (χ4v) is 4.32. The van der Waals surface area contributed by atoms with Gasteiger partial charge in [-0.3, -0.25) is 0 Å². The molecule has 0 amide bonds. The molecular formula is C16H37O4PS2. The summed E-state index contributed by atoms with van der Waals surface area (Å²) in [7, 11) is 0. The molecule has 0 spiro atoms. The van der Waals surface area contributed by atoms with Crippen LogP contribution in [0.25, 0.3) is 0 Å². The Balaban J connectivity index is 0. The van der Waals surface area contributed by atoms with Crippen LogP contribution in [-0.2, 0) is 16.5 Å². The van der Waals surface area contributed by atoms with Gasteiger partial charge in [0.25, 0.3) is 0 Å². The average Bonchev–Trinajstić information content (AvgIpc) is 2.50. The predicted octanol–water partition coefficient (Wildman–Crippen LogP) is 4.86. The highest BCUT2D eigenvalue weighted by Crippen LogP contribution is 2.50. The van der Waals surface area contributed by atoms with Crippen LogP contribution >= 0.6 is 17.1 Å². The van der Waals surface area contributed by atoms with Crippen LogP contribution in [0, 0.1) is 0 Å². The van der Waals surface area contributed by atoms with Gasteiger partial charge in [0.15, 0.2) is 0 Å². The summed E-state index contributed by atoms with van der Waals surface area (Å²) in [4.78, 5) is 18.0. The molecule has 0 bridgehead atoms. The summed E-state index contributed by atoms with van der Waals surface area (Å²) in [5.41, 5.74) is -2.99. The summed E-state index contributed by atoms with van der Waals surface area (Å²) in [6.45, 7) is 5.44. The SMILES string of the molecule is CCCCCCCCCCCCSP(O)(O)=S.CCOCCO. The lowest BCUT2D eigenvalue weighted by Gasteiger charge is -2.06. The van der Waals surface area contributed by atoms with Crippen molar-refractivity contribution in [3.05, 3.63) is 0 Å². The monoisotopic (exact) mass is 388 g/mol. The third-order valence-corrected chi connectivity index (χ3v) is 6.51. The van der Waals surface area contributed by atoms with Gasteiger partial charge in [-0.1, -0.05) is 76.1 Å². The molecule has 0 aromatic heterocycles. The van der Waals surface area contributed by atoms with Crippen molar-refractivity contribution in [3.8, 4) is 0 Å². The second-order valence-corrected chi connectivity index (χ2v) is 11.6. The minimum atomic E-state index is -2.99. The zero-order valence-corrected chi connectivity index (χ0v) is 17.4. The quantitative estimate of drug-likeness (QED) is 0.275. The number of rotatable bonds is 15. The van der Waals surface area contributed by atoms with E-state index >= 15 is 0 Å². The van der Waals surface area contributed by atoms with Crippen molar-refractivity contribution in [1.82, 2.24) is 0 Å². The highest BCUT2D eigenvalue weighted by atomic mass is 32.9. The van der Waals surface area contributed by atoms with Gasteiger partial charge in [-0.25, -0.2) is 0 Å². The Morgan fingerprint density at radius 2 is 1.35 bits per heavy atom. The van der Waals surface area contributed by atoms with Gasteiger partial charge in [-0.15, -0.1) is 0 Å². The normalized spacial score (nSPS) is 11.2. The summed E-state index contributed by atoms with van der Waals surface area (Å²) in [5, 5.41) is 8.07. The summed E-state index contributed by atoms with van der Waals surface area (Å²) in [5.74, 6) is 0.792. The van der Waals surface area contributed by atoms with Crippen LogP contribution in [0.2, 0.25) is 0 Å². The molecule has 23 heavy (non-hydrogen) atoms. The second-order valence-electron chi connectivity index (χ2n) is 5.43. The van der Waals surface area contributed by atoms with E-state index in [1.54, 1.807) is 0 Å². The predicted molar refractivity (Wildman–Crippen MR) is 107 cm³/mol. The molecule has 0 saturated heterocycles. The number of hydrogen-bond acceptors (Lipinski definition) is 4. The standard InChI is InChI=1S/C12H27O2PS2.C4H10O2/c1-2-3-4-5-6-7-8-9-10-11-12-17-15(13,14)16;1-2-6-4-3-5/h2-12H2,1H3,(H2,13,14,16);5H,2-4H2,1H3. The minimum Gasteiger partial charge on any atom is -0.394 e. The molecule has 0 rings (SSSR count). The van der Waals surface area contributed by atoms with Gasteiger partial charge in [0.2, 0.25) is 5.69 Å². The molecule has 0 aromatic rings. The van der Waals surface area contributed by atoms with Crippen molar-refractivity contribution < 1.29 is 19.6 Å². The maximum absolute atomic E-state index is 9.01. The van der Waals surface area contributed by atoms with E-state index in [2.05, 4.69) is 18.7 Å². The first kappa shape index (κ1) is 26.1. The van der Waals surface area contributed by atoms with Crippen LogP contribution in [0.5, 0.6) is 0 Å². The number of hydrogen-bond donors (Lipinski definition) is 3. The van der Waals surface area contributed by atoms with Crippen molar-refractivity contribution in [2.24, 2.45) is 0 Å². The third kappa shape index (κ3) is 31.2. The highest BCUT2D eigenvalue weighted by molar-refractivity contribution is 8.67. The fraction of sp³-hybridized carbons (Fsp3) is 1.00. The molecule has 0 atom stereocenters. The molecule has 0 heterocycles. The van der Waals surface area contributed by atoms with Crippen LogP contribution < -0.4 is 0 Å². The van der Waals surface area contributed by atoms with Gasteiger partial charge in [0.1, 0.15) is 0 Å². The summed E-state index contributed by atoms with van der Waals surface area (Å²) < 4.78 is 4.73. The summed E-state index contributed by atoms with van der Waals surface area (Å²) in [6, 6.07) is 0. The van der Waals surface area contributed by atoms with Gasteiger partial charge in [0, 0.05) is 12.4 Å². The molecule has 0 saturated carbocycles. The number of aliphatic hydroxyl groups excluding tert-OH is 1. The van der Waals surface area contributed by atoms with E-state index in [1.807, 2.05) is 6.92 Å². The van der Waals surface area contributed by atoms with Crippen molar-refractivity contribution in [1.29, 1.82) is 0 Å². The largest absolute Gasteiger partial charge is 0.394 e. The minimum absolute atomic E-state index is 0.133. The molecule has 7 heteroatoms. The zero-order valence-electron chi connectivity index (χ0n) is 14.9. The van der Waals surface area contributed by atoms with E-state index in [-0.39, 0.29) is 6.61 Å². The van der Waals surface area contributed by atoms with Crippen LogP contribution in [0.3, 0.4) is 0 Å². The van der Waals surface area contributed by atoms with E-state index in [0.29, 0.717) is 13.2 Å². The van der Waals surface area contributed by atoms with Crippen molar-refractivity contribution in [2.75, 3.05) is 25.6 Å². The molecule has 0 radical (unpaired) electrons. The van der Waals surface area contributed by atoms with Gasteiger partial charge >= 0.3 is 0 Å². The Hall–Kier alpha value is 0.840. The maximum Gasteiger partial charge on any atom is 0.242 e. The number of unbranched alkanes of at least 4 members (excludes halogenated alkanes) is 9. The first-order valence-corrected chi connectivity index (χ1v) is 13.2. The molecule has 0 fully saturated rings. The van der Waals surface area contributed by atoms with Gasteiger partial charge < -0.3 is 19.6 Å². The van der Waals surface area contributed by atoms with E-state index < -0.39 is 5.69 Å². The van der Waals surface area contributed by atoms with Crippen LogP contribution in [0.1, 0.15) is 78.1 Å². The topological polar surface area (TPSA) is 69.9 Å². The van der Waals surface area contributed by atoms with Crippen molar-refractivity contribution in [3.63, 3.8) is 0 Å². The van der Waals surface area contributed by atoms with E-state index in [9.17, 15) is 0 Å². The molecule has 0 aliphatic carbocycles. The Kier molecular flexibility index (Phi) is 23.7. The molecule has 0 aliphatic rings. The molecule has 0 unspecified atom stereocenters. The smallest absolute Gasteiger partial charge is 0.242 e. The third-order valence-electron chi connectivity index (χ3n) is 3.20. The van der Waals surface area contributed by atoms with Gasteiger partial charge in [-0.05, 0) is 25.2 Å². The Morgan fingerprint density at radius 3 is 1.70 bits per heavy atom. The molecule has 4 nitrogen and oxygen atoms in total. The lowest BCUT2D eigenvalue weighted by Crippen LogP contribution is -1.96. The number of aliphatic hydroxyl groups is 1. The Labute approximate surface area is 152 Å². The summed E-state index contributed by atoms with van der Waals surface area (Å²) in [6.07, 6.45) is 13.1. The average molecular weight is 389 g/mol. The fourth-order valence-electron chi connectivity index (χ4n) is 1.98.